The van der Waals surface area contributed by atoms with Gasteiger partial charge >= 0.3 is 6.09 Å². The van der Waals surface area contributed by atoms with E-state index in [0.29, 0.717) is 43.4 Å². The molecule has 3 aromatic rings. The molecule has 178 valence electrons. The normalized spacial score (nSPS) is 14.1. The third-order valence-electron chi connectivity index (χ3n) is 5.35. The Morgan fingerprint density at radius 2 is 2.00 bits per heavy atom. The number of aromatic nitrogens is 3. The van der Waals surface area contributed by atoms with Gasteiger partial charge in [-0.2, -0.15) is 0 Å². The van der Waals surface area contributed by atoms with Gasteiger partial charge in [-0.1, -0.05) is 23.1 Å². The lowest BCUT2D eigenvalue weighted by Gasteiger charge is -2.29. The fraction of sp³-hybridized carbons (Fsp3) is 0.318. The summed E-state index contributed by atoms with van der Waals surface area (Å²) in [6.07, 6.45) is 5.12. The number of thiazole rings is 1. The predicted octanol–water partition coefficient (Wildman–Crippen LogP) is 4.40. The summed E-state index contributed by atoms with van der Waals surface area (Å²) in [6, 6.07) is 5.32. The van der Waals surface area contributed by atoms with Gasteiger partial charge in [-0.25, -0.2) is 24.1 Å². The van der Waals surface area contributed by atoms with Crippen LogP contribution in [0.2, 0.25) is 0 Å². The molecule has 0 bridgehead atoms. The zero-order valence-electron chi connectivity index (χ0n) is 18.3. The van der Waals surface area contributed by atoms with E-state index in [-0.39, 0.29) is 16.5 Å². The van der Waals surface area contributed by atoms with Crippen molar-refractivity contribution in [2.75, 3.05) is 25.0 Å². The first-order valence-corrected chi connectivity index (χ1v) is 12.3. The summed E-state index contributed by atoms with van der Waals surface area (Å²) < 4.78 is 15.8. The zero-order valence-corrected chi connectivity index (χ0v) is 20.0. The Morgan fingerprint density at radius 3 is 2.74 bits per heavy atom. The number of amides is 2. The van der Waals surface area contributed by atoms with Crippen molar-refractivity contribution in [1.82, 2.24) is 25.2 Å². The van der Waals surface area contributed by atoms with Crippen LogP contribution in [0.4, 0.5) is 20.1 Å². The standard InChI is InChI=1S/C22H23FN6O3S2/c1-13-2-6-24-16(10-13)28-21-27-12-17(34-21)33-15-3-7-25-19(18(15)23)20(30)26-11-14-4-8-29(9-5-14)22(31)32/h2-3,6-7,10,12,14H,4-5,8-9,11H2,1H3,(H,26,30)(H,31,32)(H,24,27,28). The Hall–Kier alpha value is -3.25. The van der Waals surface area contributed by atoms with E-state index in [2.05, 4.69) is 25.6 Å². The molecule has 2 amide bonds. The van der Waals surface area contributed by atoms with E-state index in [1.54, 1.807) is 12.4 Å². The Bertz CT molecular complexity index is 1180. The fourth-order valence-corrected chi connectivity index (χ4v) is 5.37. The van der Waals surface area contributed by atoms with Gasteiger partial charge in [0.1, 0.15) is 5.82 Å². The van der Waals surface area contributed by atoms with E-state index < -0.39 is 17.8 Å². The zero-order chi connectivity index (χ0) is 24.1. The van der Waals surface area contributed by atoms with Crippen LogP contribution in [0.5, 0.6) is 0 Å². The van der Waals surface area contributed by atoms with E-state index in [1.165, 1.54) is 40.3 Å². The van der Waals surface area contributed by atoms with Crippen molar-refractivity contribution in [3.8, 4) is 0 Å². The summed E-state index contributed by atoms with van der Waals surface area (Å²) in [4.78, 5) is 37.7. The van der Waals surface area contributed by atoms with Crippen LogP contribution in [0.25, 0.3) is 0 Å². The number of hydrogen-bond acceptors (Lipinski definition) is 8. The van der Waals surface area contributed by atoms with Gasteiger partial charge in [0.05, 0.1) is 15.3 Å². The van der Waals surface area contributed by atoms with Crippen molar-refractivity contribution in [1.29, 1.82) is 0 Å². The number of piperidine rings is 1. The lowest BCUT2D eigenvalue weighted by Crippen LogP contribution is -2.41. The van der Waals surface area contributed by atoms with Gasteiger partial charge in [0.25, 0.3) is 5.91 Å². The van der Waals surface area contributed by atoms with E-state index in [0.717, 1.165) is 9.77 Å². The summed E-state index contributed by atoms with van der Waals surface area (Å²) in [5.74, 6) is -0.452. The van der Waals surface area contributed by atoms with E-state index >= 15 is 4.39 Å². The maximum Gasteiger partial charge on any atom is 0.407 e. The topological polar surface area (TPSA) is 120 Å². The number of aryl methyl sites for hydroxylation is 1. The molecule has 1 aliphatic heterocycles. The third kappa shape index (κ3) is 6.00. The van der Waals surface area contributed by atoms with Crippen LogP contribution in [-0.2, 0) is 0 Å². The molecule has 0 spiro atoms. The number of carboxylic acid groups (broad SMARTS) is 1. The number of pyridine rings is 2. The molecular formula is C22H23FN6O3S2. The molecule has 4 heterocycles. The molecular weight excluding hydrogens is 479 g/mol. The molecule has 1 fully saturated rings. The maximum absolute atomic E-state index is 15.1. The fourth-order valence-electron chi connectivity index (χ4n) is 3.50. The summed E-state index contributed by atoms with van der Waals surface area (Å²) >= 11 is 2.52. The second kappa shape index (κ2) is 10.8. The van der Waals surface area contributed by atoms with Gasteiger partial charge in [0, 0.05) is 32.0 Å². The van der Waals surface area contributed by atoms with Crippen LogP contribution >= 0.6 is 23.1 Å². The lowest BCUT2D eigenvalue weighted by atomic mass is 9.97. The highest BCUT2D eigenvalue weighted by molar-refractivity contribution is 8.01. The smallest absolute Gasteiger partial charge is 0.407 e. The molecule has 4 rings (SSSR count). The summed E-state index contributed by atoms with van der Waals surface area (Å²) in [7, 11) is 0. The number of nitrogens with zero attached hydrogens (tertiary/aromatic N) is 4. The van der Waals surface area contributed by atoms with Crippen LogP contribution in [0.1, 0.15) is 28.9 Å². The van der Waals surface area contributed by atoms with Gasteiger partial charge in [0.2, 0.25) is 0 Å². The van der Waals surface area contributed by atoms with Crippen LogP contribution in [-0.4, -0.2) is 56.6 Å². The number of rotatable bonds is 7. The largest absolute Gasteiger partial charge is 0.465 e. The molecule has 12 heteroatoms. The number of hydrogen-bond donors (Lipinski definition) is 3. The van der Waals surface area contributed by atoms with Gasteiger partial charge < -0.3 is 20.6 Å². The van der Waals surface area contributed by atoms with Crippen molar-refractivity contribution in [2.24, 2.45) is 5.92 Å². The van der Waals surface area contributed by atoms with Crippen LogP contribution < -0.4 is 10.6 Å². The molecule has 3 aromatic heterocycles. The SMILES string of the molecule is Cc1ccnc(Nc2ncc(Sc3ccnc(C(=O)NCC4CCN(C(=O)O)CC4)c3F)s2)c1. The molecule has 0 saturated carbocycles. The molecule has 0 atom stereocenters. The molecule has 3 N–H and O–H groups in total. The maximum atomic E-state index is 15.1. The summed E-state index contributed by atoms with van der Waals surface area (Å²) in [5.41, 5.74) is 0.804. The second-order valence-corrected chi connectivity index (χ2v) is 10.2. The number of carbonyl (C=O) groups is 2. The number of nitrogens with one attached hydrogen (secondary N) is 2. The minimum Gasteiger partial charge on any atom is -0.465 e. The monoisotopic (exact) mass is 502 g/mol. The highest BCUT2D eigenvalue weighted by atomic mass is 32.2. The average Bonchev–Trinajstić information content (AvgIpc) is 3.25. The Balaban J connectivity index is 1.35. The Kier molecular flexibility index (Phi) is 7.58. The lowest BCUT2D eigenvalue weighted by molar-refractivity contribution is 0.0919. The molecule has 0 aromatic carbocycles. The first-order chi connectivity index (χ1) is 16.4. The molecule has 1 saturated heterocycles. The highest BCUT2D eigenvalue weighted by Gasteiger charge is 2.24. The van der Waals surface area contributed by atoms with Crippen molar-refractivity contribution in [3.05, 3.63) is 53.9 Å². The number of likely N-dealkylation sites (tertiary alicyclic amines) is 1. The third-order valence-corrected chi connectivity index (χ3v) is 7.40. The van der Waals surface area contributed by atoms with Crippen LogP contribution in [0, 0.1) is 18.7 Å². The highest BCUT2D eigenvalue weighted by Crippen LogP contribution is 2.36. The van der Waals surface area contributed by atoms with Gasteiger partial charge in [0.15, 0.2) is 16.6 Å². The summed E-state index contributed by atoms with van der Waals surface area (Å²) in [5, 5.41) is 15.5. The Morgan fingerprint density at radius 1 is 1.24 bits per heavy atom. The minimum absolute atomic E-state index is 0.145. The van der Waals surface area contributed by atoms with Gasteiger partial charge in [-0.15, -0.1) is 0 Å². The molecule has 9 nitrogen and oxygen atoms in total. The van der Waals surface area contributed by atoms with Crippen molar-refractivity contribution < 1.29 is 19.1 Å². The quantitative estimate of drug-likeness (QED) is 0.435. The molecule has 0 unspecified atom stereocenters. The van der Waals surface area contributed by atoms with Crippen molar-refractivity contribution >= 4 is 46.0 Å². The van der Waals surface area contributed by atoms with Crippen molar-refractivity contribution in [2.45, 2.75) is 28.9 Å². The second-order valence-electron chi connectivity index (χ2n) is 7.82. The van der Waals surface area contributed by atoms with Crippen LogP contribution in [0.3, 0.4) is 0 Å². The van der Waals surface area contributed by atoms with E-state index in [4.69, 9.17) is 5.11 Å². The Labute approximate surface area is 203 Å². The molecule has 0 radical (unpaired) electrons. The first kappa shape index (κ1) is 23.9. The van der Waals surface area contributed by atoms with Crippen molar-refractivity contribution in [3.63, 3.8) is 0 Å². The van der Waals surface area contributed by atoms with E-state index in [9.17, 15) is 9.59 Å². The predicted molar refractivity (Wildman–Crippen MR) is 127 cm³/mol. The summed E-state index contributed by atoms with van der Waals surface area (Å²) in [6.45, 7) is 3.18. The number of carbonyl (C=O) groups excluding carboxylic acids is 1. The van der Waals surface area contributed by atoms with Gasteiger partial charge in [-0.05, 0) is 49.4 Å². The molecule has 34 heavy (non-hydrogen) atoms. The first-order valence-electron chi connectivity index (χ1n) is 10.6. The minimum atomic E-state index is -0.932. The number of halogens is 1. The molecule has 1 aliphatic rings. The number of anilines is 2. The van der Waals surface area contributed by atoms with E-state index in [1.807, 2.05) is 19.1 Å². The molecule has 0 aliphatic carbocycles. The van der Waals surface area contributed by atoms with Gasteiger partial charge in [-0.3, -0.25) is 4.79 Å². The average molecular weight is 503 g/mol. The van der Waals surface area contributed by atoms with Crippen LogP contribution in [0.15, 0.2) is 45.9 Å².